The smallest absolute Gasteiger partial charge is 0.312 e. The van der Waals surface area contributed by atoms with Crippen molar-refractivity contribution in [3.05, 3.63) is 105 Å². The first kappa shape index (κ1) is 31.8. The third kappa shape index (κ3) is 8.46. The van der Waals surface area contributed by atoms with Gasteiger partial charge in [0.1, 0.15) is 0 Å². The first-order valence-corrected chi connectivity index (χ1v) is 14.9. The van der Waals surface area contributed by atoms with Crippen LogP contribution in [0, 0.1) is 0 Å². The van der Waals surface area contributed by atoms with Crippen LogP contribution in [0.3, 0.4) is 0 Å². The molecule has 9 heteroatoms. The molecule has 1 fully saturated rings. The molecule has 41 heavy (non-hydrogen) atoms. The normalized spacial score (nSPS) is 16.0. The van der Waals surface area contributed by atoms with E-state index in [1.165, 1.54) is 6.07 Å². The summed E-state index contributed by atoms with van der Waals surface area (Å²) in [6, 6.07) is 20.3. The van der Waals surface area contributed by atoms with Crippen molar-refractivity contribution in [2.45, 2.75) is 38.1 Å². The van der Waals surface area contributed by atoms with Crippen molar-refractivity contribution in [2.75, 3.05) is 53.4 Å². The predicted molar refractivity (Wildman–Crippen MR) is 163 cm³/mol. The summed E-state index contributed by atoms with van der Waals surface area (Å²) in [6.07, 6.45) is -3.38. The Bertz CT molecular complexity index is 1200. The summed E-state index contributed by atoms with van der Waals surface area (Å²) < 4.78 is 42.2. The zero-order valence-electron chi connectivity index (χ0n) is 23.9. The highest BCUT2D eigenvalue weighted by Crippen LogP contribution is 2.35. The molecule has 1 aliphatic rings. The Morgan fingerprint density at radius 1 is 0.854 bits per heavy atom. The largest absolute Gasteiger partial charge is 0.416 e. The standard InChI is InChI=1S/C32H39Cl2F3N4/c1-4-15-39(3)22-30(38-2)25-9-14-29(32(35,36)37)26(20-25)21-40-16-18-41(19-17-40)31(23-5-10-27(33)11-6-23)24-7-12-28(34)13-8-24/h5-14,20,30-31,38H,4,15-19,21-22H2,1-3H3. The summed E-state index contributed by atoms with van der Waals surface area (Å²) in [5, 5.41) is 4.64. The van der Waals surface area contributed by atoms with Gasteiger partial charge in [0.25, 0.3) is 0 Å². The van der Waals surface area contributed by atoms with Crippen molar-refractivity contribution >= 4 is 23.2 Å². The van der Waals surface area contributed by atoms with Gasteiger partial charge in [-0.1, -0.05) is 66.5 Å². The van der Waals surface area contributed by atoms with E-state index in [0.717, 1.165) is 49.3 Å². The van der Waals surface area contributed by atoms with Crippen molar-refractivity contribution in [3.8, 4) is 0 Å². The predicted octanol–water partition coefficient (Wildman–Crippen LogP) is 7.52. The molecular formula is C32H39Cl2F3N4. The maximum absolute atomic E-state index is 14.1. The van der Waals surface area contributed by atoms with Crippen molar-refractivity contribution in [1.29, 1.82) is 0 Å². The summed E-state index contributed by atoms with van der Waals surface area (Å²) in [5.74, 6) is 0. The summed E-state index contributed by atoms with van der Waals surface area (Å²) in [7, 11) is 3.90. The molecule has 1 unspecified atom stereocenters. The van der Waals surface area contributed by atoms with E-state index < -0.39 is 11.7 Å². The number of alkyl halides is 3. The van der Waals surface area contributed by atoms with Gasteiger partial charge in [0.2, 0.25) is 0 Å². The molecule has 1 atom stereocenters. The van der Waals surface area contributed by atoms with E-state index in [0.29, 0.717) is 28.7 Å². The Morgan fingerprint density at radius 2 is 1.39 bits per heavy atom. The molecule has 0 amide bonds. The molecule has 0 radical (unpaired) electrons. The number of likely N-dealkylation sites (N-methyl/N-ethyl adjacent to an activating group) is 2. The summed E-state index contributed by atoms with van der Waals surface area (Å²) in [6.45, 7) is 6.80. The lowest BCUT2D eigenvalue weighted by molar-refractivity contribution is -0.138. The van der Waals surface area contributed by atoms with Crippen LogP contribution in [0.15, 0.2) is 66.7 Å². The molecule has 3 aromatic rings. The molecule has 4 nitrogen and oxygen atoms in total. The zero-order chi connectivity index (χ0) is 29.6. The van der Waals surface area contributed by atoms with Crippen LogP contribution < -0.4 is 5.32 Å². The maximum Gasteiger partial charge on any atom is 0.416 e. The second-order valence-corrected chi connectivity index (χ2v) is 11.7. The minimum atomic E-state index is -4.40. The highest BCUT2D eigenvalue weighted by atomic mass is 35.5. The van der Waals surface area contributed by atoms with Gasteiger partial charge in [-0.25, -0.2) is 0 Å². The van der Waals surface area contributed by atoms with Crippen molar-refractivity contribution in [2.24, 2.45) is 0 Å². The Hall–Kier alpha value is -2.13. The van der Waals surface area contributed by atoms with Crippen LogP contribution in [-0.2, 0) is 12.7 Å². The summed E-state index contributed by atoms with van der Waals surface area (Å²) in [4.78, 5) is 6.71. The Balaban J connectivity index is 1.52. The number of halogens is 5. The van der Waals surface area contributed by atoms with Gasteiger partial charge >= 0.3 is 6.18 Å². The summed E-state index contributed by atoms with van der Waals surface area (Å²) in [5.41, 5.74) is 2.88. The quantitative estimate of drug-likeness (QED) is 0.244. The molecule has 0 aromatic heterocycles. The van der Waals surface area contributed by atoms with Gasteiger partial charge < -0.3 is 10.2 Å². The number of benzene rings is 3. The topological polar surface area (TPSA) is 21.8 Å². The van der Waals surface area contributed by atoms with Crippen LogP contribution in [0.1, 0.15) is 53.2 Å². The Labute approximate surface area is 252 Å². The Kier molecular flexibility index (Phi) is 11.1. The molecule has 0 spiro atoms. The average molecular weight is 608 g/mol. The highest BCUT2D eigenvalue weighted by molar-refractivity contribution is 6.30. The van der Waals surface area contributed by atoms with E-state index >= 15 is 0 Å². The van der Waals surface area contributed by atoms with Gasteiger partial charge in [-0.2, -0.15) is 13.2 Å². The molecular weight excluding hydrogens is 568 g/mol. The molecule has 0 bridgehead atoms. The lowest BCUT2D eigenvalue weighted by Crippen LogP contribution is -2.47. The molecule has 4 rings (SSSR count). The molecule has 3 aromatic carbocycles. The molecule has 1 saturated heterocycles. The van der Waals surface area contributed by atoms with E-state index in [1.54, 1.807) is 12.1 Å². The first-order chi connectivity index (χ1) is 19.6. The number of nitrogens with one attached hydrogen (secondary N) is 1. The minimum Gasteiger partial charge on any atom is -0.312 e. The molecule has 0 aliphatic carbocycles. The van der Waals surface area contributed by atoms with Crippen LogP contribution >= 0.6 is 23.2 Å². The molecule has 1 heterocycles. The number of hydrogen-bond acceptors (Lipinski definition) is 4. The van der Waals surface area contributed by atoms with E-state index in [4.69, 9.17) is 23.2 Å². The van der Waals surface area contributed by atoms with Crippen molar-refractivity contribution in [3.63, 3.8) is 0 Å². The van der Waals surface area contributed by atoms with Crippen LogP contribution in [0.25, 0.3) is 0 Å². The van der Waals surface area contributed by atoms with Crippen LogP contribution in [0.5, 0.6) is 0 Å². The zero-order valence-corrected chi connectivity index (χ0v) is 25.4. The maximum atomic E-state index is 14.1. The molecule has 1 aliphatic heterocycles. The first-order valence-electron chi connectivity index (χ1n) is 14.1. The fourth-order valence-corrected chi connectivity index (χ4v) is 5.96. The molecule has 0 saturated carbocycles. The SMILES string of the molecule is CCCN(C)CC(NC)c1ccc(C(F)(F)F)c(CN2CCN(C(c3ccc(Cl)cc3)c3ccc(Cl)cc3)CC2)c1. The van der Waals surface area contributed by atoms with Crippen molar-refractivity contribution < 1.29 is 13.2 Å². The number of rotatable bonds is 11. The molecule has 222 valence electrons. The van der Waals surface area contributed by atoms with E-state index in [9.17, 15) is 13.2 Å². The lowest BCUT2D eigenvalue weighted by atomic mass is 9.96. The molecule has 1 N–H and O–H groups in total. The van der Waals surface area contributed by atoms with Gasteiger partial charge in [-0.15, -0.1) is 0 Å². The summed E-state index contributed by atoms with van der Waals surface area (Å²) >= 11 is 12.3. The fraction of sp³-hybridized carbons (Fsp3) is 0.438. The van der Waals surface area contributed by atoms with Gasteiger partial charge in [0.05, 0.1) is 11.6 Å². The Morgan fingerprint density at radius 3 is 1.88 bits per heavy atom. The number of nitrogens with zero attached hydrogens (tertiary/aromatic N) is 3. The van der Waals surface area contributed by atoms with E-state index in [2.05, 4.69) is 26.9 Å². The second-order valence-electron chi connectivity index (χ2n) is 10.8. The monoisotopic (exact) mass is 606 g/mol. The van der Waals surface area contributed by atoms with Gasteiger partial charge in [-0.3, -0.25) is 9.80 Å². The van der Waals surface area contributed by atoms with Gasteiger partial charge in [-0.05, 0) is 79.6 Å². The van der Waals surface area contributed by atoms with Crippen molar-refractivity contribution in [1.82, 2.24) is 20.0 Å². The van der Waals surface area contributed by atoms with E-state index in [1.807, 2.05) is 62.6 Å². The number of hydrogen-bond donors (Lipinski definition) is 1. The minimum absolute atomic E-state index is 0.00255. The van der Waals surface area contributed by atoms with Gasteiger partial charge in [0.15, 0.2) is 0 Å². The van der Waals surface area contributed by atoms with Crippen LogP contribution in [-0.4, -0.2) is 68.1 Å². The van der Waals surface area contributed by atoms with Crippen LogP contribution in [0.4, 0.5) is 13.2 Å². The fourth-order valence-electron chi connectivity index (χ4n) is 5.71. The van der Waals surface area contributed by atoms with Crippen LogP contribution in [0.2, 0.25) is 10.0 Å². The highest BCUT2D eigenvalue weighted by Gasteiger charge is 2.35. The third-order valence-corrected chi connectivity index (χ3v) is 8.33. The lowest BCUT2D eigenvalue weighted by Gasteiger charge is -2.40. The number of piperazine rings is 1. The second kappa shape index (κ2) is 14.4. The van der Waals surface area contributed by atoms with E-state index in [-0.39, 0.29) is 18.6 Å². The average Bonchev–Trinajstić information content (AvgIpc) is 2.94. The third-order valence-electron chi connectivity index (χ3n) is 7.82. The van der Waals surface area contributed by atoms with Gasteiger partial charge in [0, 0.05) is 55.4 Å².